The van der Waals surface area contributed by atoms with E-state index < -0.39 is 5.97 Å². The number of carbonyl (C=O) groups is 1. The van der Waals surface area contributed by atoms with Gasteiger partial charge in [-0.2, -0.15) is 0 Å². The van der Waals surface area contributed by atoms with Crippen LogP contribution >= 0.6 is 11.3 Å². The van der Waals surface area contributed by atoms with Crippen molar-refractivity contribution in [2.45, 2.75) is 6.54 Å². The molecule has 0 spiro atoms. The highest BCUT2D eigenvalue weighted by Crippen LogP contribution is 2.34. The summed E-state index contributed by atoms with van der Waals surface area (Å²) in [6.07, 6.45) is 3.40. The minimum Gasteiger partial charge on any atom is -0.477 e. The van der Waals surface area contributed by atoms with Crippen molar-refractivity contribution in [3.05, 3.63) is 71.4 Å². The molecule has 22 heavy (non-hydrogen) atoms. The highest BCUT2D eigenvalue weighted by Gasteiger charge is 2.16. The average molecular weight is 310 g/mol. The molecule has 0 bridgehead atoms. The van der Waals surface area contributed by atoms with E-state index in [-0.39, 0.29) is 0 Å². The summed E-state index contributed by atoms with van der Waals surface area (Å²) >= 11 is 1.27. The van der Waals surface area contributed by atoms with Gasteiger partial charge in [0.1, 0.15) is 4.88 Å². The molecule has 3 aromatic rings. The van der Waals surface area contributed by atoms with Crippen LogP contribution in [0.2, 0.25) is 0 Å². The van der Waals surface area contributed by atoms with Gasteiger partial charge in [-0.1, -0.05) is 30.3 Å². The predicted molar refractivity (Wildman–Crippen MR) is 88.3 cm³/mol. The average Bonchev–Trinajstić information content (AvgIpc) is 2.99. The van der Waals surface area contributed by atoms with Crippen molar-refractivity contribution >= 4 is 23.0 Å². The Morgan fingerprint density at radius 2 is 1.86 bits per heavy atom. The maximum atomic E-state index is 11.4. The van der Waals surface area contributed by atoms with Crippen LogP contribution in [0.1, 0.15) is 15.2 Å². The lowest BCUT2D eigenvalue weighted by Crippen LogP contribution is -2.03. The first kappa shape index (κ1) is 14.3. The summed E-state index contributed by atoms with van der Waals surface area (Å²) in [4.78, 5) is 16.7. The third kappa shape index (κ3) is 3.15. The predicted octanol–water partition coefficient (Wildman–Crippen LogP) is 4.12. The van der Waals surface area contributed by atoms with Crippen LogP contribution in [0.25, 0.3) is 10.4 Å². The van der Waals surface area contributed by atoms with Crippen molar-refractivity contribution in [3.8, 4) is 10.4 Å². The molecule has 5 heteroatoms. The smallest absolute Gasteiger partial charge is 0.348 e. The molecule has 2 aromatic heterocycles. The number of nitrogens with zero attached hydrogens (tertiary/aromatic N) is 1. The van der Waals surface area contributed by atoms with Gasteiger partial charge < -0.3 is 10.4 Å². The second kappa shape index (κ2) is 6.41. The van der Waals surface area contributed by atoms with Gasteiger partial charge in [-0.05, 0) is 29.3 Å². The molecular weight excluding hydrogens is 296 g/mol. The molecule has 0 aliphatic carbocycles. The van der Waals surface area contributed by atoms with Crippen molar-refractivity contribution < 1.29 is 9.90 Å². The first-order chi connectivity index (χ1) is 10.7. The number of hydrogen-bond donors (Lipinski definition) is 2. The Morgan fingerprint density at radius 1 is 1.14 bits per heavy atom. The van der Waals surface area contributed by atoms with Crippen LogP contribution in [0.15, 0.2) is 60.9 Å². The number of hydrogen-bond acceptors (Lipinski definition) is 4. The minimum atomic E-state index is -0.916. The quantitative estimate of drug-likeness (QED) is 0.744. The second-order valence-corrected chi connectivity index (χ2v) is 5.79. The fourth-order valence-corrected chi connectivity index (χ4v) is 3.11. The number of anilines is 1. The maximum Gasteiger partial charge on any atom is 0.348 e. The number of benzene rings is 1. The van der Waals surface area contributed by atoms with E-state index in [9.17, 15) is 9.90 Å². The largest absolute Gasteiger partial charge is 0.477 e. The second-order valence-electron chi connectivity index (χ2n) is 4.73. The minimum absolute atomic E-state index is 0.322. The van der Waals surface area contributed by atoms with Gasteiger partial charge in [0, 0.05) is 23.8 Å². The van der Waals surface area contributed by atoms with E-state index in [0.29, 0.717) is 17.1 Å². The first-order valence-corrected chi connectivity index (χ1v) is 7.61. The van der Waals surface area contributed by atoms with Crippen molar-refractivity contribution in [1.29, 1.82) is 0 Å². The van der Waals surface area contributed by atoms with Crippen molar-refractivity contribution in [2.75, 3.05) is 5.32 Å². The van der Waals surface area contributed by atoms with Gasteiger partial charge in [-0.25, -0.2) is 4.79 Å². The van der Waals surface area contributed by atoms with E-state index in [2.05, 4.69) is 10.3 Å². The molecular formula is C17H14N2O2S. The zero-order chi connectivity index (χ0) is 15.4. The molecule has 0 fully saturated rings. The molecule has 2 N–H and O–H groups in total. The van der Waals surface area contributed by atoms with Gasteiger partial charge in [0.05, 0.1) is 5.69 Å². The topological polar surface area (TPSA) is 62.2 Å². The van der Waals surface area contributed by atoms with E-state index >= 15 is 0 Å². The Hall–Kier alpha value is -2.66. The number of thiophene rings is 1. The summed E-state index contributed by atoms with van der Waals surface area (Å²) in [5, 5.41) is 12.6. The Kier molecular flexibility index (Phi) is 4.16. The van der Waals surface area contributed by atoms with Gasteiger partial charge in [0.2, 0.25) is 0 Å². The Morgan fingerprint density at radius 3 is 2.55 bits per heavy atom. The van der Waals surface area contributed by atoms with Crippen LogP contribution in [0, 0.1) is 0 Å². The van der Waals surface area contributed by atoms with Crippen molar-refractivity contribution in [2.24, 2.45) is 0 Å². The molecule has 0 saturated carbocycles. The lowest BCUT2D eigenvalue weighted by Gasteiger charge is -2.05. The molecule has 0 saturated heterocycles. The molecule has 0 atom stereocenters. The fourth-order valence-electron chi connectivity index (χ4n) is 2.13. The summed E-state index contributed by atoms with van der Waals surface area (Å²) in [6.45, 7) is 0.591. The normalized spacial score (nSPS) is 10.4. The molecule has 0 unspecified atom stereocenters. The van der Waals surface area contributed by atoms with Crippen LogP contribution in [0.4, 0.5) is 5.69 Å². The van der Waals surface area contributed by atoms with Crippen LogP contribution in [0.3, 0.4) is 0 Å². The van der Waals surface area contributed by atoms with Gasteiger partial charge in [-0.15, -0.1) is 11.3 Å². The molecule has 110 valence electrons. The number of carboxylic acids is 1. The van der Waals surface area contributed by atoms with E-state index in [0.717, 1.165) is 16.0 Å². The van der Waals surface area contributed by atoms with E-state index in [1.807, 2.05) is 48.5 Å². The zero-order valence-electron chi connectivity index (χ0n) is 11.7. The molecule has 0 radical (unpaired) electrons. The van der Waals surface area contributed by atoms with E-state index in [1.165, 1.54) is 11.3 Å². The first-order valence-electron chi connectivity index (χ1n) is 6.79. The molecule has 0 aliphatic heterocycles. The number of nitrogens with one attached hydrogen (secondary N) is 1. The number of aromatic nitrogens is 1. The highest BCUT2D eigenvalue weighted by molar-refractivity contribution is 7.18. The number of rotatable bonds is 5. The summed E-state index contributed by atoms with van der Waals surface area (Å²) < 4.78 is 0. The zero-order valence-corrected chi connectivity index (χ0v) is 12.5. The van der Waals surface area contributed by atoms with Crippen LogP contribution < -0.4 is 5.32 Å². The molecule has 2 heterocycles. The summed E-state index contributed by atoms with van der Waals surface area (Å²) in [5.74, 6) is -0.916. The number of aromatic carboxylic acids is 1. The van der Waals surface area contributed by atoms with Crippen LogP contribution in [-0.2, 0) is 6.54 Å². The fraction of sp³-hybridized carbons (Fsp3) is 0.0588. The third-order valence-corrected chi connectivity index (χ3v) is 4.39. The molecule has 0 amide bonds. The Labute approximate surface area is 132 Å². The van der Waals surface area contributed by atoms with E-state index in [4.69, 9.17) is 0 Å². The van der Waals surface area contributed by atoms with Crippen molar-refractivity contribution in [3.63, 3.8) is 0 Å². The summed E-state index contributed by atoms with van der Waals surface area (Å²) in [6, 6.07) is 15.5. The Bertz CT molecular complexity index is 770. The number of pyridine rings is 1. The molecule has 0 aliphatic rings. The molecule has 3 rings (SSSR count). The van der Waals surface area contributed by atoms with Crippen molar-refractivity contribution in [1.82, 2.24) is 4.98 Å². The van der Waals surface area contributed by atoms with E-state index in [1.54, 1.807) is 12.4 Å². The SMILES string of the molecule is O=C(O)c1sc(-c2ccncc2)cc1NCc1ccccc1. The third-order valence-electron chi connectivity index (χ3n) is 3.22. The molecule has 1 aromatic carbocycles. The highest BCUT2D eigenvalue weighted by atomic mass is 32.1. The lowest BCUT2D eigenvalue weighted by atomic mass is 10.2. The van der Waals surface area contributed by atoms with Crippen LogP contribution in [0.5, 0.6) is 0 Å². The van der Waals surface area contributed by atoms with Gasteiger partial charge in [-0.3, -0.25) is 4.98 Å². The maximum absolute atomic E-state index is 11.4. The standard InChI is InChI=1S/C17H14N2O2S/c20-17(21)16-14(19-11-12-4-2-1-3-5-12)10-15(22-16)13-6-8-18-9-7-13/h1-10,19H,11H2,(H,20,21). The van der Waals surface area contributed by atoms with Crippen LogP contribution in [-0.4, -0.2) is 16.1 Å². The Balaban J connectivity index is 1.86. The van der Waals surface area contributed by atoms with Gasteiger partial charge in [0.15, 0.2) is 0 Å². The van der Waals surface area contributed by atoms with Gasteiger partial charge >= 0.3 is 5.97 Å². The summed E-state index contributed by atoms with van der Waals surface area (Å²) in [5.41, 5.74) is 2.72. The molecule has 4 nitrogen and oxygen atoms in total. The lowest BCUT2D eigenvalue weighted by molar-refractivity contribution is 0.0703. The summed E-state index contributed by atoms with van der Waals surface area (Å²) in [7, 11) is 0. The monoisotopic (exact) mass is 310 g/mol. The number of carboxylic acid groups (broad SMARTS) is 1. The van der Waals surface area contributed by atoms with Gasteiger partial charge in [0.25, 0.3) is 0 Å².